The van der Waals surface area contributed by atoms with Crippen LogP contribution < -0.4 is 10.1 Å². The van der Waals surface area contributed by atoms with Crippen molar-refractivity contribution in [2.24, 2.45) is 0 Å². The van der Waals surface area contributed by atoms with Crippen molar-refractivity contribution >= 4 is 46.4 Å². The molecule has 2 aromatic rings. The molecule has 0 aliphatic carbocycles. The highest BCUT2D eigenvalue weighted by molar-refractivity contribution is 7.10. The lowest BCUT2D eigenvalue weighted by atomic mass is 10.1. The second-order valence-electron chi connectivity index (χ2n) is 4.78. The summed E-state index contributed by atoms with van der Waals surface area (Å²) < 4.78 is 10.1. The van der Waals surface area contributed by atoms with Gasteiger partial charge in [0.1, 0.15) is 5.75 Å². The first kappa shape index (κ1) is 18.6. The van der Waals surface area contributed by atoms with Crippen LogP contribution in [0.1, 0.15) is 17.3 Å². The molecule has 5 nitrogen and oxygen atoms in total. The van der Waals surface area contributed by atoms with Crippen LogP contribution in [0, 0.1) is 0 Å². The van der Waals surface area contributed by atoms with Gasteiger partial charge in [0.25, 0.3) is 5.91 Å². The summed E-state index contributed by atoms with van der Waals surface area (Å²) in [5.74, 6) is -0.471. The van der Waals surface area contributed by atoms with Crippen molar-refractivity contribution in [2.45, 2.75) is 12.5 Å². The zero-order valence-electron chi connectivity index (χ0n) is 12.8. The third-order valence-corrected chi connectivity index (χ3v) is 4.61. The van der Waals surface area contributed by atoms with Crippen molar-refractivity contribution in [3.05, 3.63) is 50.6 Å². The van der Waals surface area contributed by atoms with Crippen molar-refractivity contribution in [2.75, 3.05) is 13.7 Å². The summed E-state index contributed by atoms with van der Waals surface area (Å²) in [6.45, 7) is -0.247. The molecule has 1 aromatic heterocycles. The second-order valence-corrected chi connectivity index (χ2v) is 6.60. The predicted molar refractivity (Wildman–Crippen MR) is 93.8 cm³/mol. The molecule has 2 rings (SSSR count). The van der Waals surface area contributed by atoms with E-state index in [9.17, 15) is 9.59 Å². The summed E-state index contributed by atoms with van der Waals surface area (Å²) >= 11 is 13.3. The highest BCUT2D eigenvalue weighted by Gasteiger charge is 2.20. The number of amides is 1. The molecule has 0 unspecified atom stereocenters. The van der Waals surface area contributed by atoms with Crippen molar-refractivity contribution < 1.29 is 19.1 Å². The van der Waals surface area contributed by atoms with Crippen molar-refractivity contribution in [1.82, 2.24) is 5.32 Å². The molecule has 1 aromatic carbocycles. The molecule has 0 radical (unpaired) electrons. The van der Waals surface area contributed by atoms with E-state index in [1.807, 2.05) is 17.5 Å². The van der Waals surface area contributed by atoms with E-state index in [1.54, 1.807) is 12.1 Å². The molecule has 0 spiro atoms. The summed E-state index contributed by atoms with van der Waals surface area (Å²) in [7, 11) is 1.31. The van der Waals surface area contributed by atoms with Gasteiger partial charge in [-0.05, 0) is 23.6 Å². The highest BCUT2D eigenvalue weighted by atomic mass is 35.5. The van der Waals surface area contributed by atoms with Crippen LogP contribution in [0.3, 0.4) is 0 Å². The Hall–Kier alpha value is -1.76. The zero-order chi connectivity index (χ0) is 17.5. The van der Waals surface area contributed by atoms with E-state index in [1.165, 1.54) is 24.5 Å². The fourth-order valence-electron chi connectivity index (χ4n) is 1.93. The molecule has 1 heterocycles. The number of halogens is 2. The molecule has 0 aliphatic rings. The molecule has 24 heavy (non-hydrogen) atoms. The number of benzene rings is 1. The van der Waals surface area contributed by atoms with E-state index in [2.05, 4.69) is 10.1 Å². The molecule has 128 valence electrons. The SMILES string of the molecule is COC(=O)C[C@@H](NC(=O)COc1cc(Cl)ccc1Cl)c1cccs1. The van der Waals surface area contributed by atoms with Crippen molar-refractivity contribution in [3.8, 4) is 5.75 Å². The lowest BCUT2D eigenvalue weighted by Gasteiger charge is -2.17. The average Bonchev–Trinajstić information content (AvgIpc) is 3.09. The second kappa shape index (κ2) is 8.92. The number of carbonyl (C=O) groups excluding carboxylic acids is 2. The summed E-state index contributed by atoms with van der Waals surface area (Å²) in [5.41, 5.74) is 0. The number of hydrogen-bond donors (Lipinski definition) is 1. The largest absolute Gasteiger partial charge is 0.482 e. The third-order valence-electron chi connectivity index (χ3n) is 3.07. The van der Waals surface area contributed by atoms with Crippen LogP contribution in [0.4, 0.5) is 0 Å². The quantitative estimate of drug-likeness (QED) is 0.732. The Labute approximate surface area is 153 Å². The predicted octanol–water partition coefficient (Wildman–Crippen LogP) is 3.85. The third kappa shape index (κ3) is 5.40. The zero-order valence-corrected chi connectivity index (χ0v) is 15.1. The van der Waals surface area contributed by atoms with E-state index in [0.717, 1.165) is 4.88 Å². The first-order chi connectivity index (χ1) is 11.5. The minimum atomic E-state index is -0.469. The molecule has 0 aliphatic heterocycles. The van der Waals surface area contributed by atoms with Gasteiger partial charge in [0.05, 0.1) is 24.6 Å². The van der Waals surface area contributed by atoms with Crippen LogP contribution >= 0.6 is 34.5 Å². The Balaban J connectivity index is 1.97. The molecular formula is C16H15Cl2NO4S. The van der Waals surface area contributed by atoms with Gasteiger partial charge >= 0.3 is 5.97 Å². The fourth-order valence-corrected chi connectivity index (χ4v) is 3.04. The molecule has 1 amide bonds. The standard InChI is InChI=1S/C16H15Cl2NO4S/c1-22-16(21)8-12(14-3-2-6-24-14)19-15(20)9-23-13-7-10(17)4-5-11(13)18/h2-7,12H,8-9H2,1H3,(H,19,20)/t12-/m1/s1. The molecule has 0 fully saturated rings. The van der Waals surface area contributed by atoms with Gasteiger partial charge in [-0.15, -0.1) is 11.3 Å². The number of hydrogen-bond acceptors (Lipinski definition) is 5. The fraction of sp³-hybridized carbons (Fsp3) is 0.250. The first-order valence-corrected chi connectivity index (χ1v) is 8.60. The monoisotopic (exact) mass is 387 g/mol. The van der Waals surface area contributed by atoms with Gasteiger partial charge in [-0.3, -0.25) is 9.59 Å². The number of carbonyl (C=O) groups is 2. The Morgan fingerprint density at radius 1 is 1.29 bits per heavy atom. The molecule has 8 heteroatoms. The number of nitrogens with one attached hydrogen (secondary N) is 1. The summed E-state index contributed by atoms with van der Waals surface area (Å²) in [6.07, 6.45) is 0.0423. The van der Waals surface area contributed by atoms with Gasteiger partial charge in [-0.25, -0.2) is 0 Å². The number of ether oxygens (including phenoxy) is 2. The van der Waals surface area contributed by atoms with E-state index in [4.69, 9.17) is 27.9 Å². The van der Waals surface area contributed by atoms with E-state index in [0.29, 0.717) is 15.8 Å². The maximum absolute atomic E-state index is 12.1. The number of thiophene rings is 1. The van der Waals surface area contributed by atoms with Gasteiger partial charge in [0.15, 0.2) is 6.61 Å². The van der Waals surface area contributed by atoms with Gasteiger partial charge in [-0.1, -0.05) is 29.3 Å². The maximum atomic E-state index is 12.1. The van der Waals surface area contributed by atoms with Crippen molar-refractivity contribution in [1.29, 1.82) is 0 Å². The summed E-state index contributed by atoms with van der Waals surface area (Å²) in [6, 6.07) is 7.96. The van der Waals surface area contributed by atoms with Gasteiger partial charge in [-0.2, -0.15) is 0 Å². The van der Waals surface area contributed by atoms with Crippen LogP contribution in [0.2, 0.25) is 10.0 Å². The highest BCUT2D eigenvalue weighted by Crippen LogP contribution is 2.28. The van der Waals surface area contributed by atoms with Crippen molar-refractivity contribution in [3.63, 3.8) is 0 Å². The number of methoxy groups -OCH3 is 1. The number of rotatable bonds is 7. The minimum Gasteiger partial charge on any atom is -0.482 e. The van der Waals surface area contributed by atoms with Gasteiger partial charge < -0.3 is 14.8 Å². The Morgan fingerprint density at radius 2 is 2.08 bits per heavy atom. The van der Waals surface area contributed by atoms with Crippen LogP contribution in [-0.4, -0.2) is 25.6 Å². The smallest absolute Gasteiger partial charge is 0.307 e. The number of esters is 1. The molecular weight excluding hydrogens is 373 g/mol. The average molecular weight is 388 g/mol. The van der Waals surface area contributed by atoms with Crippen LogP contribution in [0.25, 0.3) is 0 Å². The van der Waals surface area contributed by atoms with E-state index >= 15 is 0 Å². The first-order valence-electron chi connectivity index (χ1n) is 6.97. The van der Waals surface area contributed by atoms with Crippen LogP contribution in [-0.2, 0) is 14.3 Å². The van der Waals surface area contributed by atoms with E-state index in [-0.39, 0.29) is 18.9 Å². The van der Waals surface area contributed by atoms with Gasteiger partial charge in [0.2, 0.25) is 0 Å². The summed E-state index contributed by atoms with van der Waals surface area (Å²) in [5, 5.41) is 5.44. The van der Waals surface area contributed by atoms with Gasteiger partial charge in [0, 0.05) is 16.0 Å². The molecule has 0 saturated heterocycles. The Bertz CT molecular complexity index is 706. The lowest BCUT2D eigenvalue weighted by Crippen LogP contribution is -2.33. The molecule has 1 N–H and O–H groups in total. The Kier molecular flexibility index (Phi) is 6.90. The maximum Gasteiger partial charge on any atom is 0.307 e. The normalized spacial score (nSPS) is 11.6. The van der Waals surface area contributed by atoms with Crippen LogP contribution in [0.15, 0.2) is 35.7 Å². The van der Waals surface area contributed by atoms with Crippen LogP contribution in [0.5, 0.6) is 5.75 Å². The molecule has 1 atom stereocenters. The minimum absolute atomic E-state index is 0.0423. The Morgan fingerprint density at radius 3 is 2.75 bits per heavy atom. The topological polar surface area (TPSA) is 64.6 Å². The summed E-state index contributed by atoms with van der Waals surface area (Å²) in [4.78, 5) is 24.5. The molecule has 0 bridgehead atoms. The molecule has 0 saturated carbocycles. The lowest BCUT2D eigenvalue weighted by molar-refractivity contribution is -0.141. The van der Waals surface area contributed by atoms with E-state index < -0.39 is 12.0 Å².